The van der Waals surface area contributed by atoms with Crippen molar-refractivity contribution in [2.75, 3.05) is 13.1 Å². The van der Waals surface area contributed by atoms with Crippen molar-refractivity contribution in [1.82, 2.24) is 20.2 Å². The number of aryl methyl sites for hydroxylation is 1. The number of nitrogens with zero attached hydrogens (tertiary/aromatic N) is 5. The monoisotopic (exact) mass is 510 g/mol. The number of hydrogen-bond donors (Lipinski definition) is 4. The van der Waals surface area contributed by atoms with Crippen LogP contribution in [0.5, 0.6) is 0 Å². The van der Waals surface area contributed by atoms with E-state index in [1.165, 1.54) is 17.0 Å². The van der Waals surface area contributed by atoms with Gasteiger partial charge in [-0.05, 0) is 59.1 Å². The van der Waals surface area contributed by atoms with E-state index in [4.69, 9.17) is 5.21 Å². The van der Waals surface area contributed by atoms with Crippen LogP contribution >= 0.6 is 0 Å². The molecule has 0 fully saturated rings. The van der Waals surface area contributed by atoms with Crippen LogP contribution in [0, 0.1) is 10.1 Å². The number of rotatable bonds is 12. The minimum absolute atomic E-state index is 0. The van der Waals surface area contributed by atoms with Crippen molar-refractivity contribution in [2.45, 2.75) is 65.1 Å². The summed E-state index contributed by atoms with van der Waals surface area (Å²) >= 11 is 0. The van der Waals surface area contributed by atoms with E-state index in [2.05, 4.69) is 25.9 Å². The Hall–Kier alpha value is -1.92. The van der Waals surface area contributed by atoms with Gasteiger partial charge >= 0.3 is 26.1 Å². The van der Waals surface area contributed by atoms with Crippen LogP contribution in [-0.4, -0.2) is 60.5 Å². The van der Waals surface area contributed by atoms with Gasteiger partial charge in [-0.25, -0.2) is 4.57 Å². The molecule has 30 heavy (non-hydrogen) atoms. The van der Waals surface area contributed by atoms with E-state index in [0.29, 0.717) is 30.9 Å². The topological polar surface area (TPSA) is 179 Å². The molecule has 1 aromatic rings. The summed E-state index contributed by atoms with van der Waals surface area (Å²) in [5.74, 6) is -0.238. The van der Waals surface area contributed by atoms with E-state index in [-0.39, 0.29) is 38.1 Å². The molecular weight excluding hydrogens is 480 g/mol. The standard InChI is InChI=1S/C17H31N7O4.O.Tc/c1-13(21-25)16(2,3)19-8-6-9-20-17(4,5)14(22-26)7-11-23-12-10-18-15(23)24(27)28;;/h10,12,19-20,25-26H,6-9,11H2,1-5H3;;/q;-2;+5/b21-13-,22-14+;;. The van der Waals surface area contributed by atoms with Crippen molar-refractivity contribution in [3.63, 3.8) is 0 Å². The van der Waals surface area contributed by atoms with Gasteiger partial charge in [0.25, 0.3) is 0 Å². The summed E-state index contributed by atoms with van der Waals surface area (Å²) in [5, 5.41) is 42.5. The molecule has 0 saturated carbocycles. The fourth-order valence-corrected chi connectivity index (χ4v) is 2.61. The molecule has 0 radical (unpaired) electrons. The van der Waals surface area contributed by atoms with Crippen molar-refractivity contribution in [2.24, 2.45) is 10.3 Å². The van der Waals surface area contributed by atoms with Gasteiger partial charge in [-0.1, -0.05) is 15.3 Å². The Kier molecular flexibility index (Phi) is 13.5. The summed E-state index contributed by atoms with van der Waals surface area (Å²) in [4.78, 5) is 14.1. The molecule has 1 aromatic heterocycles. The normalized spacial score (nSPS) is 12.8. The molecule has 0 aromatic carbocycles. The fourth-order valence-electron chi connectivity index (χ4n) is 2.61. The number of aromatic nitrogens is 2. The average molecular weight is 511 g/mol. The molecule has 0 unspecified atom stereocenters. The maximum absolute atomic E-state index is 10.9. The van der Waals surface area contributed by atoms with Crippen molar-refractivity contribution >= 4 is 17.4 Å². The largest absolute Gasteiger partial charge is 5.00 e. The van der Waals surface area contributed by atoms with Gasteiger partial charge in [0.15, 0.2) is 0 Å². The molecule has 0 bridgehead atoms. The predicted molar refractivity (Wildman–Crippen MR) is 107 cm³/mol. The molecule has 1 rings (SSSR count). The van der Waals surface area contributed by atoms with Crippen LogP contribution < -0.4 is 10.6 Å². The van der Waals surface area contributed by atoms with Crippen LogP contribution in [0.25, 0.3) is 0 Å². The number of nitro groups is 1. The first-order chi connectivity index (χ1) is 13.0. The first kappa shape index (κ1) is 30.3. The fraction of sp³-hybridized carbons (Fsp3) is 0.706. The Morgan fingerprint density at radius 1 is 1.20 bits per heavy atom. The number of imidazole rings is 1. The molecule has 0 atom stereocenters. The second-order valence-corrected chi connectivity index (χ2v) is 7.62. The van der Waals surface area contributed by atoms with Gasteiger partial charge in [0.2, 0.25) is 0 Å². The molecule has 1 heterocycles. The summed E-state index contributed by atoms with van der Waals surface area (Å²) in [7, 11) is 0. The van der Waals surface area contributed by atoms with Gasteiger partial charge in [0.1, 0.15) is 12.4 Å². The number of nitrogens with one attached hydrogen (secondary N) is 2. The second kappa shape index (κ2) is 13.4. The van der Waals surface area contributed by atoms with Gasteiger partial charge in [-0.15, -0.1) is 0 Å². The molecule has 13 heteroatoms. The number of hydrogen-bond acceptors (Lipinski definition) is 9. The smallest absolute Gasteiger partial charge is 2.00 e. The van der Waals surface area contributed by atoms with Gasteiger partial charge < -0.3 is 36.6 Å². The predicted octanol–water partition coefficient (Wildman–Crippen LogP) is 1.87. The van der Waals surface area contributed by atoms with Crippen LogP contribution in [0.4, 0.5) is 5.95 Å². The molecule has 0 aliphatic rings. The maximum Gasteiger partial charge on any atom is 5.00 e. The Labute approximate surface area is 189 Å². The zero-order valence-electron chi connectivity index (χ0n) is 17.9. The first-order valence-electron chi connectivity index (χ1n) is 9.11. The van der Waals surface area contributed by atoms with Gasteiger partial charge in [-0.2, -0.15) is 0 Å². The minimum Gasteiger partial charge on any atom is -2.00 e. The van der Waals surface area contributed by atoms with E-state index in [1.54, 1.807) is 6.92 Å². The molecule has 168 valence electrons. The van der Waals surface area contributed by atoms with Crippen LogP contribution in [0.15, 0.2) is 22.7 Å². The molecule has 0 amide bonds. The van der Waals surface area contributed by atoms with Crippen molar-refractivity contribution in [1.29, 1.82) is 0 Å². The van der Waals surface area contributed by atoms with Crippen molar-refractivity contribution < 1.29 is 40.9 Å². The van der Waals surface area contributed by atoms with E-state index < -0.39 is 16.0 Å². The van der Waals surface area contributed by atoms with Gasteiger partial charge in [0.05, 0.1) is 29.0 Å². The molecule has 0 aliphatic heterocycles. The zero-order valence-corrected chi connectivity index (χ0v) is 19.8. The van der Waals surface area contributed by atoms with Gasteiger partial charge in [-0.3, -0.25) is 0 Å². The molecule has 4 N–H and O–H groups in total. The third kappa shape index (κ3) is 8.84. The van der Waals surface area contributed by atoms with Gasteiger partial charge in [0, 0.05) is 6.42 Å². The summed E-state index contributed by atoms with van der Waals surface area (Å²) in [6.07, 6.45) is 4.04. The summed E-state index contributed by atoms with van der Waals surface area (Å²) in [5.41, 5.74) is 0.111. The molecule has 0 aliphatic carbocycles. The van der Waals surface area contributed by atoms with Crippen LogP contribution in [0.3, 0.4) is 0 Å². The third-order valence-corrected chi connectivity index (χ3v) is 4.83. The number of oxime groups is 2. The summed E-state index contributed by atoms with van der Waals surface area (Å²) in [6.45, 7) is 11.1. The van der Waals surface area contributed by atoms with Crippen molar-refractivity contribution in [3.8, 4) is 0 Å². The van der Waals surface area contributed by atoms with Crippen LogP contribution in [0.1, 0.15) is 47.5 Å². The summed E-state index contributed by atoms with van der Waals surface area (Å²) < 4.78 is 1.41. The molecule has 0 saturated heterocycles. The molecule has 12 nitrogen and oxygen atoms in total. The Bertz CT molecular complexity index is 719. The molecule has 0 spiro atoms. The van der Waals surface area contributed by atoms with Crippen molar-refractivity contribution in [3.05, 3.63) is 22.5 Å². The van der Waals surface area contributed by atoms with E-state index in [0.717, 1.165) is 6.42 Å². The Balaban J connectivity index is 0. The third-order valence-electron chi connectivity index (χ3n) is 4.83. The van der Waals surface area contributed by atoms with Crippen LogP contribution in [-0.2, 0) is 32.1 Å². The SMILES string of the molecule is C/C(=N/O)C(C)(C)NCCCNC(C)(C)/C(CCn1ccnc1[N+](=O)[O-])=N/O.[O-2].[Tc+5]. The minimum atomic E-state index is -0.581. The second-order valence-electron chi connectivity index (χ2n) is 7.62. The Morgan fingerprint density at radius 3 is 2.27 bits per heavy atom. The zero-order chi connectivity index (χ0) is 21.4. The van der Waals surface area contributed by atoms with Crippen LogP contribution in [0.2, 0.25) is 0 Å². The van der Waals surface area contributed by atoms with E-state index >= 15 is 0 Å². The summed E-state index contributed by atoms with van der Waals surface area (Å²) in [6, 6.07) is 0. The first-order valence-corrected chi connectivity index (χ1v) is 9.11. The van der Waals surface area contributed by atoms with E-state index in [9.17, 15) is 15.3 Å². The quantitative estimate of drug-likeness (QED) is 0.109. The Morgan fingerprint density at radius 2 is 1.77 bits per heavy atom. The van der Waals surface area contributed by atoms with E-state index in [1.807, 2.05) is 27.7 Å². The molecular formula is C17H31N7O5Tc+3. The average Bonchev–Trinajstić information content (AvgIpc) is 3.09. The maximum atomic E-state index is 10.9.